The lowest BCUT2D eigenvalue weighted by atomic mass is 10.2. The molecule has 3 aromatic rings. The van der Waals surface area contributed by atoms with Crippen molar-refractivity contribution in [3.05, 3.63) is 58.4 Å². The lowest BCUT2D eigenvalue weighted by molar-refractivity contribution is -0.384. The number of aromatic amines is 1. The Hall–Kier alpha value is -2.62. The lowest BCUT2D eigenvalue weighted by Crippen LogP contribution is -2.34. The Labute approximate surface area is 165 Å². The number of nitro groups is 1. The van der Waals surface area contributed by atoms with E-state index in [0.29, 0.717) is 43.3 Å². The molecule has 1 aliphatic heterocycles. The first-order valence-corrected chi connectivity index (χ1v) is 9.95. The van der Waals surface area contributed by atoms with E-state index in [9.17, 15) is 10.1 Å². The Morgan fingerprint density at radius 3 is 2.93 bits per heavy atom. The van der Waals surface area contributed by atoms with Crippen LogP contribution in [-0.4, -0.2) is 47.4 Å². The summed E-state index contributed by atoms with van der Waals surface area (Å²) in [6, 6.07) is 11.6. The van der Waals surface area contributed by atoms with E-state index in [0.717, 1.165) is 16.0 Å². The van der Waals surface area contributed by atoms with Crippen molar-refractivity contribution in [3.8, 4) is 0 Å². The highest BCUT2D eigenvalue weighted by atomic mass is 32.2. The van der Waals surface area contributed by atoms with Crippen molar-refractivity contribution in [1.82, 2.24) is 9.97 Å². The molecule has 1 aromatic heterocycles. The van der Waals surface area contributed by atoms with E-state index >= 15 is 0 Å². The van der Waals surface area contributed by atoms with Gasteiger partial charge in [0.2, 0.25) is 0 Å². The molecule has 2 N–H and O–H groups in total. The lowest BCUT2D eigenvalue weighted by Gasteiger charge is -2.23. The van der Waals surface area contributed by atoms with Crippen LogP contribution in [0.15, 0.2) is 47.6 Å². The number of thioether (sulfide) groups is 1. The standard InChI is InChI=1S/C19H20N4O4S/c24-23(25)15-8-16(28-11-13-4-2-1-3-5-13)18-19(22-12-21-18)17(15)20-9-14-10-26-6-7-27-14/h1-5,8,12,14,20H,6-7,9-11H2,(H,21,22). The van der Waals surface area contributed by atoms with E-state index in [1.165, 1.54) is 0 Å². The number of fused-ring (bicyclic) bond motifs is 1. The third-order valence-corrected chi connectivity index (χ3v) is 5.58. The number of ether oxygens (including phenoxy) is 2. The molecule has 1 fully saturated rings. The monoisotopic (exact) mass is 400 g/mol. The summed E-state index contributed by atoms with van der Waals surface area (Å²) in [4.78, 5) is 19.6. The topological polar surface area (TPSA) is 102 Å². The highest BCUT2D eigenvalue weighted by Crippen LogP contribution is 2.39. The largest absolute Gasteiger partial charge is 0.376 e. The molecule has 1 aliphatic rings. The number of nitro benzene ring substituents is 1. The van der Waals surface area contributed by atoms with Gasteiger partial charge in [-0.25, -0.2) is 4.98 Å². The molecule has 2 heterocycles. The molecule has 1 atom stereocenters. The number of anilines is 1. The molecular formula is C19H20N4O4S. The molecule has 4 rings (SSSR count). The number of nitrogens with one attached hydrogen (secondary N) is 2. The van der Waals surface area contributed by atoms with E-state index in [1.54, 1.807) is 24.2 Å². The van der Waals surface area contributed by atoms with Crippen LogP contribution in [0.5, 0.6) is 0 Å². The second kappa shape index (κ2) is 8.59. The Kier molecular flexibility index (Phi) is 5.75. The summed E-state index contributed by atoms with van der Waals surface area (Å²) in [5.74, 6) is 0.714. The van der Waals surface area contributed by atoms with Crippen molar-refractivity contribution in [2.45, 2.75) is 16.8 Å². The summed E-state index contributed by atoms with van der Waals surface area (Å²) in [6.07, 6.45) is 1.42. The van der Waals surface area contributed by atoms with Crippen molar-refractivity contribution < 1.29 is 14.4 Å². The molecule has 2 aromatic carbocycles. The Balaban J connectivity index is 1.61. The fraction of sp³-hybridized carbons (Fsp3) is 0.316. The quantitative estimate of drug-likeness (QED) is 0.355. The number of hydrogen-bond acceptors (Lipinski definition) is 7. The molecule has 146 valence electrons. The fourth-order valence-electron chi connectivity index (χ4n) is 3.10. The average molecular weight is 400 g/mol. The minimum Gasteiger partial charge on any atom is -0.376 e. The van der Waals surface area contributed by atoms with E-state index < -0.39 is 0 Å². The van der Waals surface area contributed by atoms with E-state index in [2.05, 4.69) is 15.3 Å². The molecule has 0 amide bonds. The van der Waals surface area contributed by atoms with Gasteiger partial charge in [-0.2, -0.15) is 0 Å². The van der Waals surface area contributed by atoms with Gasteiger partial charge in [0, 0.05) is 23.3 Å². The molecule has 1 unspecified atom stereocenters. The predicted octanol–water partition coefficient (Wildman–Crippen LogP) is 3.59. The van der Waals surface area contributed by atoms with Gasteiger partial charge in [-0.15, -0.1) is 11.8 Å². The third-order valence-electron chi connectivity index (χ3n) is 4.47. The fourth-order valence-corrected chi connectivity index (χ4v) is 4.11. The van der Waals surface area contributed by atoms with Gasteiger partial charge < -0.3 is 19.8 Å². The molecule has 28 heavy (non-hydrogen) atoms. The molecule has 0 saturated carbocycles. The number of aromatic nitrogens is 2. The van der Waals surface area contributed by atoms with Crippen molar-refractivity contribution in [1.29, 1.82) is 0 Å². The Bertz CT molecular complexity index is 957. The maximum atomic E-state index is 11.7. The van der Waals surface area contributed by atoms with Crippen molar-refractivity contribution in [2.24, 2.45) is 0 Å². The van der Waals surface area contributed by atoms with Crippen molar-refractivity contribution in [3.63, 3.8) is 0 Å². The van der Waals surface area contributed by atoms with Gasteiger partial charge in [0.1, 0.15) is 11.2 Å². The van der Waals surface area contributed by atoms with E-state index in [1.807, 2.05) is 30.3 Å². The molecule has 0 spiro atoms. The van der Waals surface area contributed by atoms with E-state index in [4.69, 9.17) is 9.47 Å². The summed E-state index contributed by atoms with van der Waals surface area (Å²) < 4.78 is 11.0. The molecule has 0 bridgehead atoms. The number of nitrogens with zero attached hydrogens (tertiary/aromatic N) is 2. The van der Waals surface area contributed by atoms with Crippen LogP contribution in [0.3, 0.4) is 0 Å². The molecular weight excluding hydrogens is 380 g/mol. The van der Waals surface area contributed by atoms with Crippen LogP contribution in [0.25, 0.3) is 11.0 Å². The molecule has 0 radical (unpaired) electrons. The number of imidazole rings is 1. The van der Waals surface area contributed by atoms with Crippen LogP contribution in [0.4, 0.5) is 11.4 Å². The maximum absolute atomic E-state index is 11.7. The molecule has 9 heteroatoms. The molecule has 0 aliphatic carbocycles. The summed E-state index contributed by atoms with van der Waals surface area (Å²) >= 11 is 1.55. The highest BCUT2D eigenvalue weighted by molar-refractivity contribution is 7.98. The van der Waals surface area contributed by atoms with Gasteiger partial charge in [0.15, 0.2) is 0 Å². The second-order valence-corrected chi connectivity index (χ2v) is 7.39. The first kappa shape index (κ1) is 18.7. The summed E-state index contributed by atoms with van der Waals surface area (Å²) in [6.45, 7) is 1.99. The zero-order valence-electron chi connectivity index (χ0n) is 15.1. The minimum atomic E-state index is -0.374. The smallest absolute Gasteiger partial charge is 0.295 e. The zero-order valence-corrected chi connectivity index (χ0v) is 15.9. The van der Waals surface area contributed by atoms with Gasteiger partial charge in [0.25, 0.3) is 5.69 Å². The number of rotatable bonds is 7. The SMILES string of the molecule is O=[N+]([O-])c1cc(SCc2ccccc2)c2[nH]cnc2c1NCC1COCCO1. The first-order chi connectivity index (χ1) is 13.7. The Morgan fingerprint density at radius 2 is 2.18 bits per heavy atom. The summed E-state index contributed by atoms with van der Waals surface area (Å²) in [5, 5.41) is 14.9. The van der Waals surface area contributed by atoms with Crippen molar-refractivity contribution >= 4 is 34.2 Å². The van der Waals surface area contributed by atoms with Gasteiger partial charge in [-0.3, -0.25) is 10.1 Å². The van der Waals surface area contributed by atoms with Crippen molar-refractivity contribution in [2.75, 3.05) is 31.7 Å². The van der Waals surface area contributed by atoms with Crippen LogP contribution in [-0.2, 0) is 15.2 Å². The normalized spacial score (nSPS) is 16.9. The summed E-state index contributed by atoms with van der Waals surface area (Å²) in [7, 11) is 0. The van der Waals surface area contributed by atoms with Gasteiger partial charge in [-0.05, 0) is 5.56 Å². The van der Waals surface area contributed by atoms with E-state index in [-0.39, 0.29) is 16.7 Å². The zero-order chi connectivity index (χ0) is 19.3. The third kappa shape index (κ3) is 4.11. The van der Waals surface area contributed by atoms with Crippen LogP contribution in [0.1, 0.15) is 5.56 Å². The number of H-pyrrole nitrogens is 1. The molecule has 1 saturated heterocycles. The summed E-state index contributed by atoms with van der Waals surface area (Å²) in [5.41, 5.74) is 2.90. The number of hydrogen-bond donors (Lipinski definition) is 2. The van der Waals surface area contributed by atoms with Gasteiger partial charge in [0.05, 0.1) is 42.7 Å². The second-order valence-electron chi connectivity index (χ2n) is 6.37. The van der Waals surface area contributed by atoms with Crippen LogP contribution < -0.4 is 5.32 Å². The van der Waals surface area contributed by atoms with Crippen LogP contribution in [0.2, 0.25) is 0 Å². The maximum Gasteiger partial charge on any atom is 0.295 e. The molecule has 8 nitrogen and oxygen atoms in total. The predicted molar refractivity (Wildman–Crippen MR) is 108 cm³/mol. The first-order valence-electron chi connectivity index (χ1n) is 8.97. The Morgan fingerprint density at radius 1 is 1.32 bits per heavy atom. The average Bonchev–Trinajstić information content (AvgIpc) is 3.22. The minimum absolute atomic E-state index is 0.00638. The number of benzene rings is 2. The highest BCUT2D eigenvalue weighted by Gasteiger charge is 2.24. The van der Waals surface area contributed by atoms with Crippen LogP contribution >= 0.6 is 11.8 Å². The van der Waals surface area contributed by atoms with Gasteiger partial charge >= 0.3 is 0 Å². The van der Waals surface area contributed by atoms with Gasteiger partial charge in [-0.1, -0.05) is 30.3 Å². The van der Waals surface area contributed by atoms with Crippen LogP contribution in [0, 0.1) is 10.1 Å².